The van der Waals surface area contributed by atoms with Crippen LogP contribution in [-0.2, 0) is 6.42 Å². The number of nitrogens with zero attached hydrogens (tertiary/aromatic N) is 2. The van der Waals surface area contributed by atoms with Crippen LogP contribution in [0.3, 0.4) is 0 Å². The molecule has 31 heavy (non-hydrogen) atoms. The first kappa shape index (κ1) is 25.2. The number of unbranched alkanes of at least 4 members (excludes halogenated alkanes) is 6. The van der Waals surface area contributed by atoms with Crippen molar-refractivity contribution >= 4 is 0 Å². The van der Waals surface area contributed by atoms with Gasteiger partial charge in [-0.1, -0.05) is 76.6 Å². The number of hydrogen-bond acceptors (Lipinski definition) is 3. The van der Waals surface area contributed by atoms with Crippen molar-refractivity contribution in [2.45, 2.75) is 96.8 Å². The minimum Gasteiger partial charge on any atom is -0.487 e. The molecule has 2 aromatic rings. The third-order valence-electron chi connectivity index (χ3n) is 5.58. The SMILES string of the molecule is CCCCCCCCCc1ccc(-c2ncc(OCC(F)CCC(F)CC)cn2)cc1. The Bertz CT molecular complexity index is 706. The maximum absolute atomic E-state index is 13.8. The summed E-state index contributed by atoms with van der Waals surface area (Å²) in [5, 5.41) is 0. The Morgan fingerprint density at radius 2 is 1.42 bits per heavy atom. The summed E-state index contributed by atoms with van der Waals surface area (Å²) in [7, 11) is 0. The van der Waals surface area contributed by atoms with E-state index in [2.05, 4.69) is 29.0 Å². The van der Waals surface area contributed by atoms with Gasteiger partial charge >= 0.3 is 0 Å². The highest BCUT2D eigenvalue weighted by Crippen LogP contribution is 2.19. The summed E-state index contributed by atoms with van der Waals surface area (Å²) in [6.45, 7) is 3.90. The van der Waals surface area contributed by atoms with E-state index in [-0.39, 0.29) is 19.4 Å². The molecule has 1 aromatic carbocycles. The first-order chi connectivity index (χ1) is 15.1. The van der Waals surface area contributed by atoms with Crippen LogP contribution >= 0.6 is 0 Å². The second-order valence-electron chi connectivity index (χ2n) is 8.30. The molecule has 1 heterocycles. The van der Waals surface area contributed by atoms with Crippen LogP contribution < -0.4 is 4.74 Å². The van der Waals surface area contributed by atoms with E-state index in [0.29, 0.717) is 18.0 Å². The number of aromatic nitrogens is 2. The lowest BCUT2D eigenvalue weighted by Gasteiger charge is -2.11. The number of ether oxygens (including phenoxy) is 1. The highest BCUT2D eigenvalue weighted by atomic mass is 19.1. The van der Waals surface area contributed by atoms with Gasteiger partial charge in [-0.2, -0.15) is 0 Å². The van der Waals surface area contributed by atoms with Gasteiger partial charge in [-0.3, -0.25) is 0 Å². The Kier molecular flexibility index (Phi) is 12.1. The number of aryl methyl sites for hydroxylation is 1. The normalized spacial score (nSPS) is 13.2. The topological polar surface area (TPSA) is 35.0 Å². The lowest BCUT2D eigenvalue weighted by atomic mass is 10.0. The lowest BCUT2D eigenvalue weighted by molar-refractivity contribution is 0.169. The summed E-state index contributed by atoms with van der Waals surface area (Å²) in [6, 6.07) is 8.38. The van der Waals surface area contributed by atoms with E-state index in [4.69, 9.17) is 4.74 Å². The van der Waals surface area contributed by atoms with Gasteiger partial charge in [0.2, 0.25) is 0 Å². The van der Waals surface area contributed by atoms with Crippen molar-refractivity contribution in [2.24, 2.45) is 0 Å². The van der Waals surface area contributed by atoms with Crippen LogP contribution in [0.2, 0.25) is 0 Å². The summed E-state index contributed by atoms with van der Waals surface area (Å²) in [5.74, 6) is 1.05. The van der Waals surface area contributed by atoms with Crippen LogP contribution in [0.4, 0.5) is 8.78 Å². The third-order valence-corrected chi connectivity index (χ3v) is 5.58. The van der Waals surface area contributed by atoms with Gasteiger partial charge in [0, 0.05) is 5.56 Å². The van der Waals surface area contributed by atoms with E-state index in [9.17, 15) is 8.78 Å². The molecule has 0 amide bonds. The minimum absolute atomic E-state index is 0.105. The molecule has 0 saturated carbocycles. The molecule has 0 fully saturated rings. The van der Waals surface area contributed by atoms with Gasteiger partial charge < -0.3 is 4.74 Å². The molecule has 0 aliphatic rings. The number of benzene rings is 1. The van der Waals surface area contributed by atoms with Crippen molar-refractivity contribution in [3.05, 3.63) is 42.2 Å². The summed E-state index contributed by atoms with van der Waals surface area (Å²) in [5.41, 5.74) is 2.29. The molecular formula is C26H38F2N2O. The van der Waals surface area contributed by atoms with E-state index in [1.807, 2.05) is 12.1 Å². The van der Waals surface area contributed by atoms with E-state index < -0.39 is 12.3 Å². The number of rotatable bonds is 16. The van der Waals surface area contributed by atoms with Gasteiger partial charge in [-0.25, -0.2) is 18.7 Å². The monoisotopic (exact) mass is 432 g/mol. The van der Waals surface area contributed by atoms with Crippen molar-refractivity contribution in [1.29, 1.82) is 0 Å². The van der Waals surface area contributed by atoms with E-state index in [1.54, 1.807) is 19.3 Å². The molecule has 1 aromatic heterocycles. The number of halogens is 2. The van der Waals surface area contributed by atoms with Crippen LogP contribution in [0.1, 0.15) is 83.6 Å². The number of hydrogen-bond donors (Lipinski definition) is 0. The number of alkyl halides is 2. The standard InChI is InChI=1S/C26H38F2N2O/c1-3-5-6-7-8-9-10-11-21-12-14-22(15-13-21)26-29-18-25(19-30-26)31-20-24(28)17-16-23(27)4-2/h12-15,18-19,23-24H,3-11,16-17,20H2,1-2H3. The van der Waals surface area contributed by atoms with Crippen molar-refractivity contribution in [1.82, 2.24) is 9.97 Å². The first-order valence-electron chi connectivity index (χ1n) is 11.9. The second-order valence-corrected chi connectivity index (χ2v) is 8.30. The van der Waals surface area contributed by atoms with Gasteiger partial charge in [-0.05, 0) is 37.7 Å². The smallest absolute Gasteiger partial charge is 0.159 e. The fourth-order valence-electron chi connectivity index (χ4n) is 3.48. The van der Waals surface area contributed by atoms with Gasteiger partial charge in [0.1, 0.15) is 12.8 Å². The fraction of sp³-hybridized carbons (Fsp3) is 0.615. The zero-order valence-corrected chi connectivity index (χ0v) is 19.2. The summed E-state index contributed by atoms with van der Waals surface area (Å²) >= 11 is 0. The molecule has 2 rings (SSSR count). The van der Waals surface area contributed by atoms with Crippen molar-refractivity contribution in [3.63, 3.8) is 0 Å². The van der Waals surface area contributed by atoms with Gasteiger partial charge in [0.05, 0.1) is 18.6 Å². The Balaban J connectivity index is 1.72. The highest BCUT2D eigenvalue weighted by Gasteiger charge is 2.12. The average Bonchev–Trinajstić information content (AvgIpc) is 2.81. The maximum atomic E-state index is 13.8. The zero-order valence-electron chi connectivity index (χ0n) is 19.2. The Hall–Kier alpha value is -2.04. The van der Waals surface area contributed by atoms with Crippen LogP contribution in [0.15, 0.2) is 36.7 Å². The molecule has 3 nitrogen and oxygen atoms in total. The van der Waals surface area contributed by atoms with Crippen LogP contribution in [-0.4, -0.2) is 28.9 Å². The Morgan fingerprint density at radius 3 is 2.06 bits per heavy atom. The third kappa shape index (κ3) is 10.2. The van der Waals surface area contributed by atoms with Crippen molar-refractivity contribution in [2.75, 3.05) is 6.61 Å². The van der Waals surface area contributed by atoms with Gasteiger partial charge in [-0.15, -0.1) is 0 Å². The zero-order chi connectivity index (χ0) is 22.3. The summed E-state index contributed by atoms with van der Waals surface area (Å²) in [6.07, 6.45) is 12.1. The van der Waals surface area contributed by atoms with E-state index >= 15 is 0 Å². The maximum Gasteiger partial charge on any atom is 0.159 e. The van der Waals surface area contributed by atoms with Crippen molar-refractivity contribution < 1.29 is 13.5 Å². The quantitative estimate of drug-likeness (QED) is 0.255. The van der Waals surface area contributed by atoms with Crippen molar-refractivity contribution in [3.8, 4) is 17.1 Å². The fourth-order valence-corrected chi connectivity index (χ4v) is 3.48. The van der Waals surface area contributed by atoms with E-state index in [1.165, 1.54) is 50.5 Å². The minimum atomic E-state index is -1.19. The molecule has 0 bridgehead atoms. The molecule has 0 N–H and O–H groups in total. The molecule has 0 aliphatic carbocycles. The largest absolute Gasteiger partial charge is 0.487 e. The van der Waals surface area contributed by atoms with Crippen LogP contribution in [0.25, 0.3) is 11.4 Å². The molecule has 5 heteroatoms. The Morgan fingerprint density at radius 1 is 0.806 bits per heavy atom. The summed E-state index contributed by atoms with van der Waals surface area (Å²) < 4.78 is 32.4. The molecular weight excluding hydrogens is 394 g/mol. The average molecular weight is 433 g/mol. The van der Waals surface area contributed by atoms with Crippen LogP contribution in [0.5, 0.6) is 5.75 Å². The van der Waals surface area contributed by atoms with Gasteiger partial charge in [0.15, 0.2) is 11.6 Å². The molecule has 0 aliphatic heterocycles. The molecule has 2 unspecified atom stereocenters. The molecule has 0 spiro atoms. The van der Waals surface area contributed by atoms with E-state index in [0.717, 1.165) is 12.0 Å². The highest BCUT2D eigenvalue weighted by molar-refractivity contribution is 5.55. The molecule has 2 atom stereocenters. The predicted octanol–water partition coefficient (Wildman–Crippen LogP) is 7.68. The van der Waals surface area contributed by atoms with Crippen LogP contribution in [0, 0.1) is 0 Å². The lowest BCUT2D eigenvalue weighted by Crippen LogP contribution is -2.15. The molecule has 0 saturated heterocycles. The molecule has 0 radical (unpaired) electrons. The van der Waals surface area contributed by atoms with Gasteiger partial charge in [0.25, 0.3) is 0 Å². The molecule has 172 valence electrons. The Labute approximate surface area is 186 Å². The predicted molar refractivity (Wildman–Crippen MR) is 124 cm³/mol. The first-order valence-corrected chi connectivity index (χ1v) is 11.9. The second kappa shape index (κ2) is 14.9. The summed E-state index contributed by atoms with van der Waals surface area (Å²) in [4.78, 5) is 8.67.